The Balaban J connectivity index is 1.70. The lowest BCUT2D eigenvalue weighted by molar-refractivity contribution is -0.117. The summed E-state index contributed by atoms with van der Waals surface area (Å²) in [6, 6.07) is 17.4. The first-order valence-electron chi connectivity index (χ1n) is 8.17. The molecule has 3 aromatic rings. The summed E-state index contributed by atoms with van der Waals surface area (Å²) in [6.07, 6.45) is 3.41. The van der Waals surface area contributed by atoms with Crippen LogP contribution in [0.5, 0.6) is 0 Å². The number of anilines is 2. The SMILES string of the molecule is O=C(Nc1cn[nH]c1)N[C@@H](Cc1ccccc1)C(=O)Nc1ccccc1. The van der Waals surface area contributed by atoms with Gasteiger partial charge < -0.3 is 16.0 Å². The Bertz CT molecular complexity index is 835. The largest absolute Gasteiger partial charge is 0.326 e. The topological polar surface area (TPSA) is 98.9 Å². The van der Waals surface area contributed by atoms with E-state index in [1.165, 1.54) is 6.20 Å². The summed E-state index contributed by atoms with van der Waals surface area (Å²) in [6.45, 7) is 0. The Kier molecular flexibility index (Phi) is 5.61. The molecule has 1 aromatic heterocycles. The molecule has 4 N–H and O–H groups in total. The van der Waals surface area contributed by atoms with Crippen LogP contribution in [0.2, 0.25) is 0 Å². The molecule has 26 heavy (non-hydrogen) atoms. The van der Waals surface area contributed by atoms with Crippen molar-refractivity contribution in [2.24, 2.45) is 0 Å². The van der Waals surface area contributed by atoms with Crippen molar-refractivity contribution in [1.82, 2.24) is 15.5 Å². The van der Waals surface area contributed by atoms with Crippen molar-refractivity contribution in [3.8, 4) is 0 Å². The van der Waals surface area contributed by atoms with Gasteiger partial charge in [-0.3, -0.25) is 9.89 Å². The van der Waals surface area contributed by atoms with E-state index >= 15 is 0 Å². The van der Waals surface area contributed by atoms with Crippen LogP contribution in [0.1, 0.15) is 5.56 Å². The summed E-state index contributed by atoms with van der Waals surface area (Å²) in [5.74, 6) is -0.289. The van der Waals surface area contributed by atoms with Crippen molar-refractivity contribution in [2.75, 3.05) is 10.6 Å². The van der Waals surface area contributed by atoms with Crippen LogP contribution in [0.25, 0.3) is 0 Å². The third-order valence-electron chi connectivity index (χ3n) is 3.70. The summed E-state index contributed by atoms with van der Waals surface area (Å²) in [7, 11) is 0. The summed E-state index contributed by atoms with van der Waals surface area (Å²) in [5, 5.41) is 14.6. The van der Waals surface area contributed by atoms with Gasteiger partial charge in [-0.2, -0.15) is 5.10 Å². The van der Waals surface area contributed by atoms with Gasteiger partial charge in [-0.25, -0.2) is 4.79 Å². The molecular formula is C19H19N5O2. The lowest BCUT2D eigenvalue weighted by Gasteiger charge is -2.19. The van der Waals surface area contributed by atoms with Gasteiger partial charge in [0.15, 0.2) is 0 Å². The molecule has 1 heterocycles. The van der Waals surface area contributed by atoms with Gasteiger partial charge in [0.2, 0.25) is 5.91 Å². The second-order valence-corrected chi connectivity index (χ2v) is 5.68. The highest BCUT2D eigenvalue weighted by atomic mass is 16.2. The molecule has 0 aliphatic rings. The Morgan fingerprint density at radius 3 is 2.27 bits per heavy atom. The number of benzene rings is 2. The van der Waals surface area contributed by atoms with Crippen LogP contribution in [0.4, 0.5) is 16.2 Å². The number of carbonyl (C=O) groups is 2. The standard InChI is InChI=1S/C19H19N5O2/c25-18(22-15-9-5-2-6-10-15)17(11-14-7-3-1-4-8-14)24-19(26)23-16-12-20-21-13-16/h1-10,12-13,17H,11H2,(H,20,21)(H,22,25)(H2,23,24,26)/t17-/m0/s1. The molecule has 3 amide bonds. The monoisotopic (exact) mass is 349 g/mol. The molecule has 0 radical (unpaired) electrons. The van der Waals surface area contributed by atoms with Gasteiger partial charge in [-0.1, -0.05) is 48.5 Å². The zero-order chi connectivity index (χ0) is 18.2. The van der Waals surface area contributed by atoms with Crippen molar-refractivity contribution in [1.29, 1.82) is 0 Å². The minimum atomic E-state index is -0.732. The Labute approximate surface area is 150 Å². The predicted molar refractivity (Wildman–Crippen MR) is 99.7 cm³/mol. The fraction of sp³-hybridized carbons (Fsp3) is 0.105. The van der Waals surface area contributed by atoms with Crippen molar-refractivity contribution in [2.45, 2.75) is 12.5 Å². The van der Waals surface area contributed by atoms with Gasteiger partial charge in [0.25, 0.3) is 0 Å². The highest BCUT2D eigenvalue weighted by molar-refractivity contribution is 5.99. The molecule has 0 saturated carbocycles. The number of aromatic nitrogens is 2. The van der Waals surface area contributed by atoms with Crippen LogP contribution in [-0.2, 0) is 11.2 Å². The van der Waals surface area contributed by atoms with E-state index < -0.39 is 12.1 Å². The summed E-state index contributed by atoms with van der Waals surface area (Å²) >= 11 is 0. The van der Waals surface area contributed by atoms with Crippen molar-refractivity contribution < 1.29 is 9.59 Å². The third kappa shape index (κ3) is 4.94. The average molecular weight is 349 g/mol. The number of hydrogen-bond acceptors (Lipinski definition) is 3. The molecule has 0 saturated heterocycles. The quantitative estimate of drug-likeness (QED) is 0.551. The van der Waals surface area contributed by atoms with E-state index in [0.29, 0.717) is 17.8 Å². The number of rotatable bonds is 6. The maximum atomic E-state index is 12.7. The smallest absolute Gasteiger partial charge is 0.319 e. The summed E-state index contributed by atoms with van der Waals surface area (Å²) in [4.78, 5) is 24.9. The van der Waals surface area contributed by atoms with Gasteiger partial charge in [-0.05, 0) is 17.7 Å². The molecule has 0 bridgehead atoms. The highest BCUT2D eigenvalue weighted by Crippen LogP contribution is 2.09. The fourth-order valence-electron chi connectivity index (χ4n) is 2.45. The summed E-state index contributed by atoms with van der Waals surface area (Å²) < 4.78 is 0. The first-order valence-corrected chi connectivity index (χ1v) is 8.17. The predicted octanol–water partition coefficient (Wildman–Crippen LogP) is 2.78. The number of carbonyl (C=O) groups excluding carboxylic acids is 2. The lowest BCUT2D eigenvalue weighted by atomic mass is 10.1. The Morgan fingerprint density at radius 1 is 0.923 bits per heavy atom. The molecule has 0 aliphatic heterocycles. The first-order chi connectivity index (χ1) is 12.7. The number of hydrogen-bond donors (Lipinski definition) is 4. The summed E-state index contributed by atoms with van der Waals surface area (Å²) in [5.41, 5.74) is 2.14. The normalized spacial score (nSPS) is 11.4. The highest BCUT2D eigenvalue weighted by Gasteiger charge is 2.21. The zero-order valence-corrected chi connectivity index (χ0v) is 14.0. The number of amides is 3. The first kappa shape index (κ1) is 17.2. The molecule has 2 aromatic carbocycles. The van der Waals surface area contributed by atoms with E-state index in [2.05, 4.69) is 26.1 Å². The Morgan fingerprint density at radius 2 is 1.62 bits per heavy atom. The van der Waals surface area contributed by atoms with Gasteiger partial charge in [0.05, 0.1) is 11.9 Å². The molecule has 0 spiro atoms. The van der Waals surface area contributed by atoms with E-state index in [0.717, 1.165) is 5.56 Å². The molecule has 0 fully saturated rings. The van der Waals surface area contributed by atoms with Crippen molar-refractivity contribution in [3.63, 3.8) is 0 Å². The van der Waals surface area contributed by atoms with Crippen molar-refractivity contribution >= 4 is 23.3 Å². The van der Waals surface area contributed by atoms with E-state index in [1.54, 1.807) is 18.3 Å². The number of urea groups is 1. The van der Waals surface area contributed by atoms with E-state index in [9.17, 15) is 9.59 Å². The lowest BCUT2D eigenvalue weighted by Crippen LogP contribution is -2.46. The fourth-order valence-corrected chi connectivity index (χ4v) is 2.45. The molecule has 132 valence electrons. The molecule has 7 heteroatoms. The van der Waals surface area contributed by atoms with Gasteiger partial charge in [0, 0.05) is 18.3 Å². The number of nitrogens with zero attached hydrogens (tertiary/aromatic N) is 1. The van der Waals surface area contributed by atoms with Gasteiger partial charge >= 0.3 is 6.03 Å². The molecule has 0 aliphatic carbocycles. The molecule has 7 nitrogen and oxygen atoms in total. The van der Waals surface area contributed by atoms with Crippen LogP contribution in [-0.4, -0.2) is 28.2 Å². The van der Waals surface area contributed by atoms with E-state index in [4.69, 9.17) is 0 Å². The second kappa shape index (κ2) is 8.48. The van der Waals surface area contributed by atoms with Crippen LogP contribution < -0.4 is 16.0 Å². The van der Waals surface area contributed by atoms with Crippen molar-refractivity contribution in [3.05, 3.63) is 78.6 Å². The number of para-hydroxylation sites is 1. The molecular weight excluding hydrogens is 330 g/mol. The van der Waals surface area contributed by atoms with Crippen LogP contribution >= 0.6 is 0 Å². The molecule has 1 atom stereocenters. The Hall–Kier alpha value is -3.61. The molecule has 0 unspecified atom stereocenters. The maximum absolute atomic E-state index is 12.7. The van der Waals surface area contributed by atoms with Crippen LogP contribution in [0, 0.1) is 0 Å². The number of aromatic amines is 1. The van der Waals surface area contributed by atoms with Crippen LogP contribution in [0.15, 0.2) is 73.1 Å². The minimum Gasteiger partial charge on any atom is -0.326 e. The number of H-pyrrole nitrogens is 1. The van der Waals surface area contributed by atoms with E-state index in [-0.39, 0.29) is 5.91 Å². The maximum Gasteiger partial charge on any atom is 0.319 e. The molecule has 3 rings (SSSR count). The van der Waals surface area contributed by atoms with Crippen LogP contribution in [0.3, 0.4) is 0 Å². The van der Waals surface area contributed by atoms with E-state index in [1.807, 2.05) is 48.5 Å². The average Bonchev–Trinajstić information content (AvgIpc) is 3.16. The van der Waals surface area contributed by atoms with Gasteiger partial charge in [-0.15, -0.1) is 0 Å². The minimum absolute atomic E-state index is 0.289. The zero-order valence-electron chi connectivity index (χ0n) is 14.0. The second-order valence-electron chi connectivity index (χ2n) is 5.68. The van der Waals surface area contributed by atoms with Gasteiger partial charge in [0.1, 0.15) is 6.04 Å². The third-order valence-corrected chi connectivity index (χ3v) is 3.70. The number of nitrogens with one attached hydrogen (secondary N) is 4.